The van der Waals surface area contributed by atoms with Crippen LogP contribution in [0, 0.1) is 12.8 Å². The highest BCUT2D eigenvalue weighted by Gasteiger charge is 2.39. The third kappa shape index (κ3) is 5.90. The lowest BCUT2D eigenvalue weighted by Crippen LogP contribution is -2.49. The van der Waals surface area contributed by atoms with Crippen LogP contribution in [0.2, 0.25) is 0 Å². The second-order valence-electron chi connectivity index (χ2n) is 10.7. The molecule has 0 saturated carbocycles. The summed E-state index contributed by atoms with van der Waals surface area (Å²) < 4.78 is 2.77. The Kier molecular flexibility index (Phi) is 8.51. The molecule has 1 aliphatic rings. The van der Waals surface area contributed by atoms with Crippen LogP contribution < -0.4 is 5.32 Å². The third-order valence-electron chi connectivity index (χ3n) is 7.56. The minimum absolute atomic E-state index is 0.00843. The van der Waals surface area contributed by atoms with E-state index < -0.39 is 12.1 Å². The second-order valence-corrected chi connectivity index (χ2v) is 12.5. The summed E-state index contributed by atoms with van der Waals surface area (Å²) in [4.78, 5) is 34.6. The molecule has 9 heteroatoms. The summed E-state index contributed by atoms with van der Waals surface area (Å²) in [6.07, 6.45) is 5.18. The van der Waals surface area contributed by atoms with E-state index in [9.17, 15) is 9.59 Å². The van der Waals surface area contributed by atoms with E-state index in [1.807, 2.05) is 75.8 Å². The van der Waals surface area contributed by atoms with Crippen molar-refractivity contribution in [3.05, 3.63) is 82.2 Å². The largest absolute Gasteiger partial charge is 0.348 e. The topological polar surface area (TPSA) is 80.1 Å². The zero-order valence-corrected chi connectivity index (χ0v) is 25.6. The lowest BCUT2D eigenvalue weighted by atomic mass is 10.0. The Balaban J connectivity index is 1.28. The lowest BCUT2D eigenvalue weighted by molar-refractivity contribution is -0.142. The number of carbonyl (C=O) groups is 2. The van der Waals surface area contributed by atoms with Gasteiger partial charge in [-0.2, -0.15) is 5.10 Å². The van der Waals surface area contributed by atoms with Gasteiger partial charge in [0.1, 0.15) is 12.1 Å². The summed E-state index contributed by atoms with van der Waals surface area (Å²) in [6, 6.07) is 15.1. The molecule has 0 aliphatic carbocycles. The van der Waals surface area contributed by atoms with Gasteiger partial charge in [0, 0.05) is 22.8 Å². The number of nitrogens with zero attached hydrogens (tertiary/aromatic N) is 4. The quantitative estimate of drug-likeness (QED) is 0.235. The Bertz CT molecular complexity index is 1480. The number of rotatable bonds is 8. The van der Waals surface area contributed by atoms with Gasteiger partial charge in [0.2, 0.25) is 11.8 Å². The molecule has 2 aromatic heterocycles. The van der Waals surface area contributed by atoms with Crippen LogP contribution in [0.15, 0.2) is 70.9 Å². The van der Waals surface area contributed by atoms with Crippen molar-refractivity contribution in [3.63, 3.8) is 0 Å². The number of likely N-dealkylation sites (tertiary alicyclic amines) is 1. The van der Waals surface area contributed by atoms with Crippen molar-refractivity contribution in [1.82, 2.24) is 25.0 Å². The van der Waals surface area contributed by atoms with Crippen LogP contribution in [-0.4, -0.2) is 44.1 Å². The summed E-state index contributed by atoms with van der Waals surface area (Å²) in [7, 11) is 0. The molecule has 2 amide bonds. The predicted octanol–water partition coefficient (Wildman–Crippen LogP) is 6.81. The van der Waals surface area contributed by atoms with Crippen LogP contribution >= 0.6 is 27.3 Å². The zero-order chi connectivity index (χ0) is 28.4. The molecule has 0 spiro atoms. The maximum atomic E-state index is 13.9. The normalized spacial score (nSPS) is 16.8. The number of thiazole rings is 1. The van der Waals surface area contributed by atoms with E-state index in [2.05, 4.69) is 43.5 Å². The molecule has 3 atom stereocenters. The number of nitrogens with one attached hydrogen (secondary N) is 1. The summed E-state index contributed by atoms with van der Waals surface area (Å²) in [5.74, 6) is -0.164. The molecular weight excluding hydrogens is 586 g/mol. The molecular formula is C31H34BrN5O2S. The number of carbonyl (C=O) groups excluding carboxylic acids is 2. The van der Waals surface area contributed by atoms with Gasteiger partial charge in [0.05, 0.1) is 28.3 Å². The number of amides is 2. The van der Waals surface area contributed by atoms with Crippen molar-refractivity contribution < 1.29 is 9.59 Å². The van der Waals surface area contributed by atoms with Crippen molar-refractivity contribution in [2.24, 2.45) is 5.92 Å². The number of aromatic nitrogens is 3. The van der Waals surface area contributed by atoms with E-state index in [1.165, 1.54) is 0 Å². The zero-order valence-electron chi connectivity index (χ0n) is 23.2. The lowest BCUT2D eigenvalue weighted by Gasteiger charge is -2.30. The third-order valence-corrected chi connectivity index (χ3v) is 9.07. The number of hydrogen-bond donors (Lipinski definition) is 1. The smallest absolute Gasteiger partial charge is 0.248 e. The fraction of sp³-hybridized carbons (Fsp3) is 0.355. The van der Waals surface area contributed by atoms with E-state index in [0.717, 1.165) is 43.7 Å². The van der Waals surface area contributed by atoms with E-state index in [4.69, 9.17) is 0 Å². The first-order valence-corrected chi connectivity index (χ1v) is 15.3. The van der Waals surface area contributed by atoms with E-state index >= 15 is 0 Å². The van der Waals surface area contributed by atoms with Crippen molar-refractivity contribution in [2.75, 3.05) is 6.54 Å². The molecule has 40 heavy (non-hydrogen) atoms. The number of halogens is 1. The highest BCUT2D eigenvalue weighted by molar-refractivity contribution is 9.10. The Morgan fingerprint density at radius 3 is 2.38 bits per heavy atom. The molecule has 7 nitrogen and oxygen atoms in total. The van der Waals surface area contributed by atoms with E-state index in [1.54, 1.807) is 27.1 Å². The summed E-state index contributed by atoms with van der Waals surface area (Å²) in [5, 5.41) is 7.73. The molecule has 4 aromatic rings. The molecule has 2 aromatic carbocycles. The molecule has 1 saturated heterocycles. The fourth-order valence-corrected chi connectivity index (χ4v) is 6.43. The van der Waals surface area contributed by atoms with Gasteiger partial charge in [-0.3, -0.25) is 14.3 Å². The summed E-state index contributed by atoms with van der Waals surface area (Å²) in [5.41, 5.74) is 7.00. The highest BCUT2D eigenvalue weighted by atomic mass is 79.9. The molecule has 0 radical (unpaired) electrons. The SMILES string of the molecule is Cc1ncsc1-c1ccc([C@H](C)NC(=O)[C@@H]2CCCN2C(=O)[C@@H](C(C)C)n2cc(-c3ccc(Br)cc3)cn2)cc1. The minimum atomic E-state index is -0.489. The van der Waals surface area contributed by atoms with Gasteiger partial charge in [-0.15, -0.1) is 11.3 Å². The van der Waals surface area contributed by atoms with Crippen LogP contribution in [0.25, 0.3) is 21.6 Å². The van der Waals surface area contributed by atoms with Gasteiger partial charge in [0.15, 0.2) is 0 Å². The number of hydrogen-bond acceptors (Lipinski definition) is 5. The van der Waals surface area contributed by atoms with Crippen molar-refractivity contribution in [3.8, 4) is 21.6 Å². The predicted molar refractivity (Wildman–Crippen MR) is 163 cm³/mol. The Hall–Kier alpha value is -3.30. The van der Waals surface area contributed by atoms with Gasteiger partial charge in [-0.1, -0.05) is 66.2 Å². The molecule has 5 rings (SSSR count). The molecule has 1 aliphatic heterocycles. The summed E-state index contributed by atoms with van der Waals surface area (Å²) in [6.45, 7) is 8.60. The second kappa shape index (κ2) is 12.1. The van der Waals surface area contributed by atoms with Gasteiger partial charge in [-0.25, -0.2) is 4.98 Å². The van der Waals surface area contributed by atoms with Crippen LogP contribution in [0.4, 0.5) is 0 Å². The molecule has 3 heterocycles. The number of benzene rings is 2. The molecule has 0 unspecified atom stereocenters. The summed E-state index contributed by atoms with van der Waals surface area (Å²) >= 11 is 5.10. The molecule has 208 valence electrons. The Morgan fingerprint density at radius 1 is 1.02 bits per heavy atom. The van der Waals surface area contributed by atoms with Crippen LogP contribution in [0.3, 0.4) is 0 Å². The van der Waals surface area contributed by atoms with Gasteiger partial charge in [-0.05, 0) is 61.4 Å². The van der Waals surface area contributed by atoms with Crippen molar-refractivity contribution in [2.45, 2.75) is 58.7 Å². The van der Waals surface area contributed by atoms with Gasteiger partial charge >= 0.3 is 0 Å². The standard InChI is InChI=1S/C31H34BrN5O2S/c1-19(2)28(37-17-25(16-34-37)23-11-13-26(32)14-12-23)31(39)36-15-5-6-27(36)30(38)35-20(3)22-7-9-24(10-8-22)29-21(4)33-18-40-29/h7-14,16-20,27-28H,5-6,15H2,1-4H3,(H,35,38)/t20-,27-,28+/m0/s1. The highest BCUT2D eigenvalue weighted by Crippen LogP contribution is 2.30. The van der Waals surface area contributed by atoms with E-state index in [0.29, 0.717) is 13.0 Å². The minimum Gasteiger partial charge on any atom is -0.348 e. The first kappa shape index (κ1) is 28.2. The maximum Gasteiger partial charge on any atom is 0.248 e. The van der Waals surface area contributed by atoms with E-state index in [-0.39, 0.29) is 23.8 Å². The number of aryl methyl sites for hydroxylation is 1. The molecule has 0 bridgehead atoms. The first-order chi connectivity index (χ1) is 19.2. The average molecular weight is 621 g/mol. The van der Waals surface area contributed by atoms with Crippen LogP contribution in [-0.2, 0) is 9.59 Å². The fourth-order valence-electron chi connectivity index (χ4n) is 5.35. The van der Waals surface area contributed by atoms with Gasteiger partial charge in [0.25, 0.3) is 0 Å². The monoisotopic (exact) mass is 619 g/mol. The maximum absolute atomic E-state index is 13.9. The Morgan fingerprint density at radius 2 is 1.73 bits per heavy atom. The van der Waals surface area contributed by atoms with Crippen LogP contribution in [0.1, 0.15) is 57.0 Å². The first-order valence-electron chi connectivity index (χ1n) is 13.6. The average Bonchev–Trinajstić information content (AvgIpc) is 3.70. The van der Waals surface area contributed by atoms with Gasteiger partial charge < -0.3 is 10.2 Å². The molecule has 1 N–H and O–H groups in total. The van der Waals surface area contributed by atoms with Crippen molar-refractivity contribution in [1.29, 1.82) is 0 Å². The van der Waals surface area contributed by atoms with Crippen molar-refractivity contribution >= 4 is 39.1 Å². The van der Waals surface area contributed by atoms with Crippen LogP contribution in [0.5, 0.6) is 0 Å². The Labute approximate surface area is 247 Å². The molecule has 1 fully saturated rings.